The molecule has 0 saturated heterocycles. The van der Waals surface area contributed by atoms with Crippen LogP contribution in [0.3, 0.4) is 0 Å². The first kappa shape index (κ1) is 13.8. The van der Waals surface area contributed by atoms with Gasteiger partial charge in [0.25, 0.3) is 0 Å². The van der Waals surface area contributed by atoms with Crippen molar-refractivity contribution in [2.45, 2.75) is 13.5 Å². The highest BCUT2D eigenvalue weighted by Crippen LogP contribution is 2.26. The molecule has 0 spiro atoms. The van der Waals surface area contributed by atoms with Gasteiger partial charge in [-0.2, -0.15) is 0 Å². The van der Waals surface area contributed by atoms with E-state index in [4.69, 9.17) is 0 Å². The van der Waals surface area contributed by atoms with E-state index in [-0.39, 0.29) is 5.78 Å². The third-order valence-electron chi connectivity index (χ3n) is 3.01. The molecule has 2 aromatic carbocycles. The van der Waals surface area contributed by atoms with Crippen LogP contribution < -0.4 is 4.90 Å². The van der Waals surface area contributed by atoms with Crippen LogP contribution in [0.1, 0.15) is 22.8 Å². The molecule has 0 aliphatic heterocycles. The Balaban J connectivity index is 2.30. The molecule has 19 heavy (non-hydrogen) atoms. The Morgan fingerprint density at radius 1 is 1.16 bits per heavy atom. The summed E-state index contributed by atoms with van der Waals surface area (Å²) in [6, 6.07) is 16.0. The van der Waals surface area contributed by atoms with Gasteiger partial charge in [0.2, 0.25) is 0 Å². The van der Waals surface area contributed by atoms with E-state index in [0.29, 0.717) is 0 Å². The standard InChI is InChI=1S/C16H16BrNO/c1-12(19)15-9-8-14(17)10-16(15)18(2)11-13-6-4-3-5-7-13/h3-10H,11H2,1-2H3. The third-order valence-corrected chi connectivity index (χ3v) is 3.51. The highest BCUT2D eigenvalue weighted by Gasteiger charge is 2.12. The Hall–Kier alpha value is -1.61. The fourth-order valence-corrected chi connectivity index (χ4v) is 2.41. The maximum atomic E-state index is 11.7. The lowest BCUT2D eigenvalue weighted by Gasteiger charge is -2.22. The van der Waals surface area contributed by atoms with Crippen LogP contribution in [0.2, 0.25) is 0 Å². The summed E-state index contributed by atoms with van der Waals surface area (Å²) in [5, 5.41) is 0. The molecule has 0 N–H and O–H groups in total. The first-order valence-electron chi connectivity index (χ1n) is 6.13. The number of anilines is 1. The molecule has 0 heterocycles. The SMILES string of the molecule is CC(=O)c1ccc(Br)cc1N(C)Cc1ccccc1. The quantitative estimate of drug-likeness (QED) is 0.784. The zero-order chi connectivity index (χ0) is 13.8. The molecule has 0 aliphatic carbocycles. The molecule has 0 radical (unpaired) electrons. The van der Waals surface area contributed by atoms with Crippen LogP contribution >= 0.6 is 15.9 Å². The van der Waals surface area contributed by atoms with Gasteiger partial charge < -0.3 is 4.90 Å². The van der Waals surface area contributed by atoms with Crippen molar-refractivity contribution in [3.8, 4) is 0 Å². The van der Waals surface area contributed by atoms with Gasteiger partial charge in [-0.25, -0.2) is 0 Å². The molecule has 98 valence electrons. The zero-order valence-corrected chi connectivity index (χ0v) is 12.6. The molecular weight excluding hydrogens is 302 g/mol. The van der Waals surface area contributed by atoms with E-state index in [2.05, 4.69) is 33.0 Å². The van der Waals surface area contributed by atoms with Crippen LogP contribution in [0.25, 0.3) is 0 Å². The summed E-state index contributed by atoms with van der Waals surface area (Å²) in [6.07, 6.45) is 0. The molecule has 0 saturated carbocycles. The molecule has 2 nitrogen and oxygen atoms in total. The number of ketones is 1. The minimum absolute atomic E-state index is 0.0856. The van der Waals surface area contributed by atoms with Gasteiger partial charge in [-0.3, -0.25) is 4.79 Å². The molecule has 0 amide bonds. The predicted octanol–water partition coefficient (Wildman–Crippen LogP) is 4.29. The van der Waals surface area contributed by atoms with E-state index in [1.807, 2.05) is 43.4 Å². The topological polar surface area (TPSA) is 20.3 Å². The Kier molecular flexibility index (Phi) is 4.38. The summed E-state index contributed by atoms with van der Waals surface area (Å²) in [5.41, 5.74) is 2.92. The van der Waals surface area contributed by atoms with Crippen LogP contribution in [0, 0.1) is 0 Å². The number of benzene rings is 2. The van der Waals surface area contributed by atoms with Crippen molar-refractivity contribution < 1.29 is 4.79 Å². The minimum Gasteiger partial charge on any atom is -0.370 e. The van der Waals surface area contributed by atoms with Gasteiger partial charge in [0.15, 0.2) is 5.78 Å². The molecule has 0 aliphatic rings. The molecule has 0 aromatic heterocycles. The van der Waals surface area contributed by atoms with Crippen molar-refractivity contribution in [1.82, 2.24) is 0 Å². The van der Waals surface area contributed by atoms with Gasteiger partial charge in [0.1, 0.15) is 0 Å². The van der Waals surface area contributed by atoms with Gasteiger partial charge in [0, 0.05) is 29.3 Å². The molecule has 0 atom stereocenters. The van der Waals surface area contributed by atoms with Crippen molar-refractivity contribution >= 4 is 27.4 Å². The molecule has 0 unspecified atom stereocenters. The summed E-state index contributed by atoms with van der Waals surface area (Å²) in [4.78, 5) is 13.8. The molecule has 2 aromatic rings. The Morgan fingerprint density at radius 2 is 1.84 bits per heavy atom. The van der Waals surface area contributed by atoms with Crippen molar-refractivity contribution in [1.29, 1.82) is 0 Å². The number of carbonyl (C=O) groups excluding carboxylic acids is 1. The molecule has 0 bridgehead atoms. The number of halogens is 1. The lowest BCUT2D eigenvalue weighted by atomic mass is 10.1. The number of hydrogen-bond donors (Lipinski definition) is 0. The van der Waals surface area contributed by atoms with Gasteiger partial charge in [-0.1, -0.05) is 46.3 Å². The van der Waals surface area contributed by atoms with Gasteiger partial charge in [-0.15, -0.1) is 0 Å². The highest BCUT2D eigenvalue weighted by molar-refractivity contribution is 9.10. The summed E-state index contributed by atoms with van der Waals surface area (Å²) < 4.78 is 0.979. The van der Waals surface area contributed by atoms with E-state index >= 15 is 0 Å². The van der Waals surface area contributed by atoms with E-state index in [1.165, 1.54) is 5.56 Å². The van der Waals surface area contributed by atoms with Gasteiger partial charge >= 0.3 is 0 Å². The second-order valence-corrected chi connectivity index (χ2v) is 5.47. The molecule has 2 rings (SSSR count). The monoisotopic (exact) mass is 317 g/mol. The predicted molar refractivity (Wildman–Crippen MR) is 82.7 cm³/mol. The number of Topliss-reactive ketones (excluding diaryl/α,β-unsaturated/α-hetero) is 1. The first-order chi connectivity index (χ1) is 9.08. The van der Waals surface area contributed by atoms with E-state index in [1.54, 1.807) is 6.92 Å². The highest BCUT2D eigenvalue weighted by atomic mass is 79.9. The van der Waals surface area contributed by atoms with Gasteiger partial charge in [0.05, 0.1) is 0 Å². The Morgan fingerprint density at radius 3 is 2.47 bits per heavy atom. The van der Waals surface area contributed by atoms with Crippen LogP contribution in [0.5, 0.6) is 0 Å². The summed E-state index contributed by atoms with van der Waals surface area (Å²) >= 11 is 3.46. The second kappa shape index (κ2) is 6.02. The summed E-state index contributed by atoms with van der Waals surface area (Å²) in [6.45, 7) is 2.38. The third kappa shape index (κ3) is 3.44. The number of hydrogen-bond acceptors (Lipinski definition) is 2. The van der Waals surface area contributed by atoms with Crippen molar-refractivity contribution in [2.75, 3.05) is 11.9 Å². The fraction of sp³-hybridized carbons (Fsp3) is 0.188. The van der Waals surface area contributed by atoms with E-state index < -0.39 is 0 Å². The molecular formula is C16H16BrNO. The van der Waals surface area contributed by atoms with Crippen LogP contribution in [0.4, 0.5) is 5.69 Å². The average molecular weight is 318 g/mol. The van der Waals surface area contributed by atoms with E-state index in [9.17, 15) is 4.79 Å². The van der Waals surface area contributed by atoms with Crippen molar-refractivity contribution in [2.24, 2.45) is 0 Å². The normalized spacial score (nSPS) is 10.3. The molecule has 0 fully saturated rings. The summed E-state index contributed by atoms with van der Waals surface area (Å²) in [7, 11) is 2.00. The largest absolute Gasteiger partial charge is 0.370 e. The average Bonchev–Trinajstić information content (AvgIpc) is 2.39. The Bertz CT molecular complexity index is 581. The fourth-order valence-electron chi connectivity index (χ4n) is 2.06. The maximum absolute atomic E-state index is 11.7. The second-order valence-electron chi connectivity index (χ2n) is 4.56. The lowest BCUT2D eigenvalue weighted by Crippen LogP contribution is -2.19. The Labute approximate surface area is 122 Å². The minimum atomic E-state index is 0.0856. The number of rotatable bonds is 4. The number of carbonyl (C=O) groups is 1. The lowest BCUT2D eigenvalue weighted by molar-refractivity contribution is 0.101. The van der Waals surface area contributed by atoms with Crippen LogP contribution in [-0.2, 0) is 6.54 Å². The maximum Gasteiger partial charge on any atom is 0.161 e. The van der Waals surface area contributed by atoms with Gasteiger partial charge in [-0.05, 0) is 30.7 Å². The number of nitrogens with zero attached hydrogens (tertiary/aromatic N) is 1. The van der Waals surface area contributed by atoms with Crippen molar-refractivity contribution in [3.05, 3.63) is 64.1 Å². The van der Waals surface area contributed by atoms with Crippen molar-refractivity contribution in [3.63, 3.8) is 0 Å². The smallest absolute Gasteiger partial charge is 0.161 e. The summed E-state index contributed by atoms with van der Waals surface area (Å²) in [5.74, 6) is 0.0856. The van der Waals surface area contributed by atoms with E-state index in [0.717, 1.165) is 22.3 Å². The van der Waals surface area contributed by atoms with Crippen LogP contribution in [-0.4, -0.2) is 12.8 Å². The molecule has 3 heteroatoms. The van der Waals surface area contributed by atoms with Crippen LogP contribution in [0.15, 0.2) is 53.0 Å². The first-order valence-corrected chi connectivity index (χ1v) is 6.93. The zero-order valence-electron chi connectivity index (χ0n) is 11.1.